The highest BCUT2D eigenvalue weighted by molar-refractivity contribution is 6.45. The third kappa shape index (κ3) is 3.48. The Morgan fingerprint density at radius 1 is 1.45 bits per heavy atom. The van der Waals surface area contributed by atoms with E-state index in [2.05, 4.69) is 40.7 Å². The summed E-state index contributed by atoms with van der Waals surface area (Å²) < 4.78 is 12.5. The van der Waals surface area contributed by atoms with E-state index < -0.39 is 0 Å². The van der Waals surface area contributed by atoms with Crippen molar-refractivity contribution in [2.24, 2.45) is 11.8 Å². The van der Waals surface area contributed by atoms with Gasteiger partial charge in [-0.15, -0.1) is 0 Å². The summed E-state index contributed by atoms with van der Waals surface area (Å²) in [4.78, 5) is 0. The summed E-state index contributed by atoms with van der Waals surface area (Å²) in [6, 6.07) is 0. The van der Waals surface area contributed by atoms with Gasteiger partial charge in [0.05, 0.1) is 11.7 Å². The van der Waals surface area contributed by atoms with Crippen LogP contribution in [0.4, 0.5) is 0 Å². The molecule has 0 aromatic rings. The third-order valence-corrected chi connectivity index (χ3v) is 5.43. The third-order valence-electron chi connectivity index (χ3n) is 5.43. The summed E-state index contributed by atoms with van der Waals surface area (Å²) in [7, 11) is 0.0115. The highest BCUT2D eigenvalue weighted by Crippen LogP contribution is 2.44. The van der Waals surface area contributed by atoms with Crippen LogP contribution in [0.1, 0.15) is 66.7 Å². The topological polar surface area (TPSA) is 18.5 Å². The van der Waals surface area contributed by atoms with Crippen LogP contribution < -0.4 is 0 Å². The molecule has 2 nitrogen and oxygen atoms in total. The normalized spacial score (nSPS) is 34.7. The van der Waals surface area contributed by atoms with Crippen molar-refractivity contribution in [3.63, 3.8) is 0 Å². The van der Waals surface area contributed by atoms with Crippen molar-refractivity contribution in [2.75, 3.05) is 0 Å². The van der Waals surface area contributed by atoms with Gasteiger partial charge in [-0.2, -0.15) is 0 Å². The number of hydrogen-bond acceptors (Lipinski definition) is 2. The quantitative estimate of drug-likeness (QED) is 0.528. The molecule has 2 aliphatic rings. The second-order valence-electron chi connectivity index (χ2n) is 7.10. The largest absolute Gasteiger partial charge is 0.457 e. The summed E-state index contributed by atoms with van der Waals surface area (Å²) in [5.74, 6) is 1.56. The van der Waals surface area contributed by atoms with Crippen molar-refractivity contribution >= 4 is 7.12 Å². The Kier molecular flexibility index (Phi) is 5.36. The molecule has 0 aromatic heterocycles. The van der Waals surface area contributed by atoms with Gasteiger partial charge in [-0.3, -0.25) is 0 Å². The Morgan fingerprint density at radius 3 is 2.80 bits per heavy atom. The number of allylic oxidation sites excluding steroid dienone is 2. The lowest BCUT2D eigenvalue weighted by atomic mass is 9.73. The Labute approximate surface area is 125 Å². The van der Waals surface area contributed by atoms with Crippen LogP contribution in [0.25, 0.3) is 0 Å². The molecule has 20 heavy (non-hydrogen) atoms. The van der Waals surface area contributed by atoms with E-state index in [1.807, 2.05) is 0 Å². The van der Waals surface area contributed by atoms with Crippen LogP contribution in [0.5, 0.6) is 0 Å². The van der Waals surface area contributed by atoms with Gasteiger partial charge in [-0.25, -0.2) is 0 Å². The molecule has 1 heterocycles. The molecule has 0 amide bonds. The van der Waals surface area contributed by atoms with Crippen molar-refractivity contribution < 1.29 is 9.31 Å². The zero-order chi connectivity index (χ0) is 14.8. The minimum atomic E-state index is -0.0294. The fourth-order valence-electron chi connectivity index (χ4n) is 3.68. The van der Waals surface area contributed by atoms with Gasteiger partial charge in [0.25, 0.3) is 0 Å². The lowest BCUT2D eigenvalue weighted by Gasteiger charge is -2.39. The van der Waals surface area contributed by atoms with E-state index in [1.165, 1.54) is 18.4 Å². The summed E-state index contributed by atoms with van der Waals surface area (Å²) >= 11 is 0. The summed E-state index contributed by atoms with van der Waals surface area (Å²) in [5, 5.41) is 0. The van der Waals surface area contributed by atoms with Gasteiger partial charge in [0.2, 0.25) is 0 Å². The Morgan fingerprint density at radius 2 is 2.20 bits per heavy atom. The first kappa shape index (κ1) is 16.1. The molecule has 1 aliphatic heterocycles. The maximum Gasteiger partial charge on any atom is 0.457 e. The molecule has 0 radical (unpaired) electrons. The van der Waals surface area contributed by atoms with E-state index in [-0.39, 0.29) is 12.7 Å². The number of fused-ring (bicyclic) bond motifs is 1. The predicted molar refractivity (Wildman–Crippen MR) is 85.8 cm³/mol. The van der Waals surface area contributed by atoms with Gasteiger partial charge in [0.15, 0.2) is 0 Å². The summed E-state index contributed by atoms with van der Waals surface area (Å²) in [6.07, 6.45) is 9.41. The fourth-order valence-corrected chi connectivity index (χ4v) is 3.68. The molecule has 2 rings (SSSR count). The Bertz CT molecular complexity index is 353. The van der Waals surface area contributed by atoms with Gasteiger partial charge >= 0.3 is 7.12 Å². The zero-order valence-electron chi connectivity index (χ0n) is 13.9. The summed E-state index contributed by atoms with van der Waals surface area (Å²) in [5.41, 5.74) is 1.48. The minimum Gasteiger partial charge on any atom is -0.405 e. The van der Waals surface area contributed by atoms with Gasteiger partial charge in [0, 0.05) is 0 Å². The highest BCUT2D eigenvalue weighted by Gasteiger charge is 2.50. The molecule has 3 atom stereocenters. The molecule has 1 saturated heterocycles. The molecule has 1 saturated carbocycles. The van der Waals surface area contributed by atoms with E-state index in [4.69, 9.17) is 9.31 Å². The SMILES string of the molecule is CC=C(CC)CCB1OC2CC(C(C)C)CCC2(C)O1. The molecule has 114 valence electrons. The highest BCUT2D eigenvalue weighted by atomic mass is 16.7. The van der Waals surface area contributed by atoms with Crippen molar-refractivity contribution in [3.8, 4) is 0 Å². The van der Waals surface area contributed by atoms with E-state index in [9.17, 15) is 0 Å². The second kappa shape index (κ2) is 6.66. The predicted octanol–water partition coefficient (Wildman–Crippen LogP) is 4.85. The van der Waals surface area contributed by atoms with Crippen molar-refractivity contribution in [2.45, 2.75) is 84.7 Å². The first-order valence-electron chi connectivity index (χ1n) is 8.45. The maximum atomic E-state index is 6.27. The zero-order valence-corrected chi connectivity index (χ0v) is 13.9. The van der Waals surface area contributed by atoms with Gasteiger partial charge in [0.1, 0.15) is 0 Å². The van der Waals surface area contributed by atoms with Gasteiger partial charge < -0.3 is 9.31 Å². The van der Waals surface area contributed by atoms with E-state index in [0.717, 1.165) is 37.4 Å². The van der Waals surface area contributed by atoms with E-state index in [0.29, 0.717) is 6.10 Å². The molecule has 0 spiro atoms. The monoisotopic (exact) mass is 278 g/mol. The van der Waals surface area contributed by atoms with Crippen LogP contribution in [-0.2, 0) is 9.31 Å². The molecule has 3 unspecified atom stereocenters. The standard InChI is InChI=1S/C17H31BO2/c1-6-14(7-2)9-11-18-19-16-12-15(13(3)4)8-10-17(16,5)20-18/h6,13,15-16H,7-12H2,1-5H3. The molecule has 0 N–H and O–H groups in total. The first-order chi connectivity index (χ1) is 9.48. The molecule has 0 aromatic carbocycles. The summed E-state index contributed by atoms with van der Waals surface area (Å²) in [6.45, 7) is 11.3. The fraction of sp³-hybridized carbons (Fsp3) is 0.882. The van der Waals surface area contributed by atoms with Crippen LogP contribution in [0.2, 0.25) is 6.32 Å². The lowest BCUT2D eigenvalue weighted by Crippen LogP contribution is -2.43. The van der Waals surface area contributed by atoms with Crippen LogP contribution >= 0.6 is 0 Å². The first-order valence-corrected chi connectivity index (χ1v) is 8.45. The average molecular weight is 278 g/mol. The number of hydrogen-bond donors (Lipinski definition) is 0. The molecular weight excluding hydrogens is 247 g/mol. The Balaban J connectivity index is 1.89. The van der Waals surface area contributed by atoms with Crippen LogP contribution in [0.15, 0.2) is 11.6 Å². The number of rotatable bonds is 5. The van der Waals surface area contributed by atoms with E-state index in [1.54, 1.807) is 0 Å². The molecule has 2 fully saturated rings. The van der Waals surface area contributed by atoms with Crippen LogP contribution in [0, 0.1) is 11.8 Å². The van der Waals surface area contributed by atoms with Crippen LogP contribution in [0.3, 0.4) is 0 Å². The molecule has 3 heteroatoms. The Hall–Kier alpha value is -0.275. The van der Waals surface area contributed by atoms with Gasteiger partial charge in [-0.05, 0) is 64.1 Å². The van der Waals surface area contributed by atoms with E-state index >= 15 is 0 Å². The van der Waals surface area contributed by atoms with Crippen molar-refractivity contribution in [3.05, 3.63) is 11.6 Å². The van der Waals surface area contributed by atoms with Crippen molar-refractivity contribution in [1.29, 1.82) is 0 Å². The van der Waals surface area contributed by atoms with Gasteiger partial charge in [-0.1, -0.05) is 32.4 Å². The maximum absolute atomic E-state index is 6.27. The molecule has 1 aliphatic carbocycles. The second-order valence-corrected chi connectivity index (χ2v) is 7.10. The smallest absolute Gasteiger partial charge is 0.405 e. The average Bonchev–Trinajstić information content (AvgIpc) is 2.75. The lowest BCUT2D eigenvalue weighted by molar-refractivity contribution is -0.00959. The molecular formula is C17H31BO2. The minimum absolute atomic E-state index is 0.0115. The molecule has 0 bridgehead atoms. The van der Waals surface area contributed by atoms with Crippen LogP contribution in [-0.4, -0.2) is 18.8 Å². The van der Waals surface area contributed by atoms with Crippen molar-refractivity contribution in [1.82, 2.24) is 0 Å².